The van der Waals surface area contributed by atoms with E-state index in [0.29, 0.717) is 12.0 Å². The van der Waals surface area contributed by atoms with Gasteiger partial charge in [-0.15, -0.1) is 6.58 Å². The molecule has 3 rings (SSSR count). The maximum absolute atomic E-state index is 13.2. The Morgan fingerprint density at radius 2 is 1.88 bits per heavy atom. The van der Waals surface area contributed by atoms with E-state index in [4.69, 9.17) is 4.74 Å². The minimum atomic E-state index is -0.624. The molecule has 1 saturated heterocycles. The summed E-state index contributed by atoms with van der Waals surface area (Å²) in [7, 11) is 0. The lowest BCUT2D eigenvalue weighted by Gasteiger charge is -2.34. The predicted molar refractivity (Wildman–Crippen MR) is 98.1 cm³/mol. The molecule has 2 unspecified atom stereocenters. The molecule has 1 heterocycles. The van der Waals surface area contributed by atoms with Gasteiger partial charge in [-0.25, -0.2) is 4.79 Å². The number of carbonyl (C=O) groups is 2. The minimum Gasteiger partial charge on any atom is -0.439 e. The molecule has 1 fully saturated rings. The van der Waals surface area contributed by atoms with E-state index in [2.05, 4.69) is 6.58 Å². The summed E-state index contributed by atoms with van der Waals surface area (Å²) in [6.45, 7) is 9.59. The molecular weight excluding hydrogens is 314 g/mol. The molecule has 4 nitrogen and oxygen atoms in total. The summed E-state index contributed by atoms with van der Waals surface area (Å²) in [5.41, 5.74) is 0.179. The quantitative estimate of drug-likeness (QED) is 0.624. The first-order chi connectivity index (χ1) is 11.8. The van der Waals surface area contributed by atoms with Crippen LogP contribution in [0.15, 0.2) is 55.1 Å². The van der Waals surface area contributed by atoms with Gasteiger partial charge in [0.1, 0.15) is 6.04 Å². The van der Waals surface area contributed by atoms with Gasteiger partial charge in [-0.2, -0.15) is 0 Å². The maximum atomic E-state index is 13.2. The number of esters is 1. The van der Waals surface area contributed by atoms with Gasteiger partial charge in [0, 0.05) is 11.0 Å². The van der Waals surface area contributed by atoms with Gasteiger partial charge in [0.25, 0.3) is 5.91 Å². The number of ether oxygens (including phenoxy) is 1. The van der Waals surface area contributed by atoms with Gasteiger partial charge in [-0.05, 0) is 29.3 Å². The summed E-state index contributed by atoms with van der Waals surface area (Å²) >= 11 is 0. The van der Waals surface area contributed by atoms with Gasteiger partial charge >= 0.3 is 5.97 Å². The summed E-state index contributed by atoms with van der Waals surface area (Å²) < 4.78 is 5.55. The third kappa shape index (κ3) is 3.16. The van der Waals surface area contributed by atoms with Gasteiger partial charge in [0.15, 0.2) is 6.23 Å². The van der Waals surface area contributed by atoms with Crippen molar-refractivity contribution in [2.45, 2.75) is 39.5 Å². The first-order valence-corrected chi connectivity index (χ1v) is 8.46. The number of amides is 1. The highest BCUT2D eigenvalue weighted by Crippen LogP contribution is 2.35. The largest absolute Gasteiger partial charge is 0.439 e. The van der Waals surface area contributed by atoms with E-state index < -0.39 is 12.3 Å². The standard InChI is InChI=1S/C21H23NO3/c1-5-8-17-19(24)25-20(21(2,3)4)22(17)18(23)16-12-11-14-9-6-7-10-15(14)13-16/h5-7,9-13,17,20H,1,8H2,2-4H3. The van der Waals surface area contributed by atoms with Crippen LogP contribution in [0.1, 0.15) is 37.6 Å². The highest BCUT2D eigenvalue weighted by Gasteiger charge is 2.49. The Hall–Kier alpha value is -2.62. The molecule has 0 N–H and O–H groups in total. The molecule has 2 aromatic carbocycles. The highest BCUT2D eigenvalue weighted by atomic mass is 16.6. The summed E-state index contributed by atoms with van der Waals surface area (Å²) in [6, 6.07) is 12.9. The Morgan fingerprint density at radius 3 is 2.52 bits per heavy atom. The van der Waals surface area contributed by atoms with Crippen molar-refractivity contribution in [1.29, 1.82) is 0 Å². The van der Waals surface area contributed by atoms with Gasteiger partial charge in [0.05, 0.1) is 0 Å². The van der Waals surface area contributed by atoms with Crippen molar-refractivity contribution in [1.82, 2.24) is 4.90 Å². The molecule has 130 valence electrons. The molecule has 1 aliphatic rings. The molecule has 0 bridgehead atoms. The molecular formula is C21H23NO3. The van der Waals surface area contributed by atoms with Crippen LogP contribution in [0.25, 0.3) is 10.8 Å². The molecule has 1 aliphatic heterocycles. The zero-order valence-electron chi connectivity index (χ0n) is 14.9. The van der Waals surface area contributed by atoms with Gasteiger partial charge in [-0.3, -0.25) is 9.69 Å². The van der Waals surface area contributed by atoms with Crippen molar-refractivity contribution in [3.63, 3.8) is 0 Å². The lowest BCUT2D eigenvalue weighted by molar-refractivity contribution is -0.147. The molecule has 0 spiro atoms. The number of fused-ring (bicyclic) bond motifs is 1. The molecule has 25 heavy (non-hydrogen) atoms. The fourth-order valence-corrected chi connectivity index (χ4v) is 3.20. The minimum absolute atomic E-state index is 0.191. The topological polar surface area (TPSA) is 46.6 Å². The van der Waals surface area contributed by atoms with E-state index >= 15 is 0 Å². The number of nitrogens with zero attached hydrogens (tertiary/aromatic N) is 1. The van der Waals surface area contributed by atoms with Crippen molar-refractivity contribution in [3.05, 3.63) is 60.7 Å². The van der Waals surface area contributed by atoms with Crippen LogP contribution >= 0.6 is 0 Å². The Kier molecular flexibility index (Phi) is 4.38. The molecule has 4 heteroatoms. The van der Waals surface area contributed by atoms with E-state index in [1.54, 1.807) is 17.0 Å². The lowest BCUT2D eigenvalue weighted by atomic mass is 9.92. The molecule has 0 aromatic heterocycles. The summed E-state index contributed by atoms with van der Waals surface area (Å²) in [5.74, 6) is -0.558. The van der Waals surface area contributed by atoms with Crippen molar-refractivity contribution in [2.75, 3.05) is 0 Å². The molecule has 2 atom stereocenters. The van der Waals surface area contributed by atoms with Gasteiger partial charge in [0.2, 0.25) is 0 Å². The summed E-state index contributed by atoms with van der Waals surface area (Å²) in [6.07, 6.45) is 1.44. The zero-order valence-corrected chi connectivity index (χ0v) is 14.9. The van der Waals surface area contributed by atoms with Crippen LogP contribution in [0.4, 0.5) is 0 Å². The number of cyclic esters (lactones) is 1. The third-order valence-corrected chi connectivity index (χ3v) is 4.45. The number of hydrogen-bond donors (Lipinski definition) is 0. The highest BCUT2D eigenvalue weighted by molar-refractivity contribution is 6.01. The van der Waals surface area contributed by atoms with Crippen LogP contribution in [0.5, 0.6) is 0 Å². The average molecular weight is 337 g/mol. The van der Waals surface area contributed by atoms with Crippen LogP contribution in [0, 0.1) is 5.41 Å². The Morgan fingerprint density at radius 1 is 1.20 bits per heavy atom. The second-order valence-corrected chi connectivity index (χ2v) is 7.47. The van der Waals surface area contributed by atoms with Crippen LogP contribution in [-0.2, 0) is 9.53 Å². The average Bonchev–Trinajstić information content (AvgIpc) is 2.91. The number of carbonyl (C=O) groups excluding carboxylic acids is 2. The van der Waals surface area contributed by atoms with E-state index in [0.717, 1.165) is 10.8 Å². The van der Waals surface area contributed by atoms with Crippen molar-refractivity contribution < 1.29 is 14.3 Å². The Labute approximate surface area is 148 Å². The van der Waals surface area contributed by atoms with Crippen molar-refractivity contribution in [2.24, 2.45) is 5.41 Å². The second kappa shape index (κ2) is 6.36. The van der Waals surface area contributed by atoms with Crippen LogP contribution < -0.4 is 0 Å². The number of hydrogen-bond acceptors (Lipinski definition) is 3. The SMILES string of the molecule is C=CCC1C(=O)OC(C(C)(C)C)N1C(=O)c1ccc2ccccc2c1. The van der Waals surface area contributed by atoms with Crippen LogP contribution in [0.3, 0.4) is 0 Å². The van der Waals surface area contributed by atoms with E-state index in [1.165, 1.54) is 0 Å². The zero-order chi connectivity index (χ0) is 18.2. The summed E-state index contributed by atoms with van der Waals surface area (Å²) in [4.78, 5) is 27.1. The van der Waals surface area contributed by atoms with Gasteiger partial charge < -0.3 is 4.74 Å². The second-order valence-electron chi connectivity index (χ2n) is 7.47. The number of rotatable bonds is 3. The fraction of sp³-hybridized carbons (Fsp3) is 0.333. The number of benzene rings is 2. The van der Waals surface area contributed by atoms with E-state index in [9.17, 15) is 9.59 Å². The van der Waals surface area contributed by atoms with Crippen molar-refractivity contribution >= 4 is 22.6 Å². The third-order valence-electron chi connectivity index (χ3n) is 4.45. The predicted octanol–water partition coefficient (Wildman–Crippen LogP) is 4.16. The normalized spacial score (nSPS) is 20.6. The van der Waals surface area contributed by atoms with Gasteiger partial charge in [-0.1, -0.05) is 57.2 Å². The molecule has 0 aliphatic carbocycles. The maximum Gasteiger partial charge on any atom is 0.331 e. The molecule has 2 aromatic rings. The smallest absolute Gasteiger partial charge is 0.331 e. The molecule has 1 amide bonds. The Bertz CT molecular complexity index is 834. The molecule has 0 saturated carbocycles. The monoisotopic (exact) mass is 337 g/mol. The van der Waals surface area contributed by atoms with E-state index in [1.807, 2.05) is 57.2 Å². The van der Waals surface area contributed by atoms with E-state index in [-0.39, 0.29) is 17.3 Å². The van der Waals surface area contributed by atoms with Crippen molar-refractivity contribution in [3.8, 4) is 0 Å². The lowest BCUT2D eigenvalue weighted by Crippen LogP contribution is -2.47. The first-order valence-electron chi connectivity index (χ1n) is 8.46. The van der Waals surface area contributed by atoms with Crippen LogP contribution in [-0.4, -0.2) is 29.0 Å². The molecule has 0 radical (unpaired) electrons. The van der Waals surface area contributed by atoms with Crippen LogP contribution in [0.2, 0.25) is 0 Å². The fourth-order valence-electron chi connectivity index (χ4n) is 3.20. The Balaban J connectivity index is 2.03. The first kappa shape index (κ1) is 17.2. The summed E-state index contributed by atoms with van der Waals surface area (Å²) in [5, 5.41) is 2.06.